The van der Waals surface area contributed by atoms with Crippen molar-refractivity contribution < 1.29 is 0 Å². The maximum absolute atomic E-state index is 3.78. The molecule has 13 heavy (non-hydrogen) atoms. The van der Waals surface area contributed by atoms with Crippen LogP contribution in [0.5, 0.6) is 0 Å². The minimum atomic E-state index is 0.351. The third kappa shape index (κ3) is 1.88. The summed E-state index contributed by atoms with van der Waals surface area (Å²) >= 11 is 2.12. The van der Waals surface area contributed by atoms with Crippen LogP contribution in [0.2, 0.25) is 0 Å². The van der Waals surface area contributed by atoms with E-state index in [4.69, 9.17) is 0 Å². The van der Waals surface area contributed by atoms with Gasteiger partial charge in [0, 0.05) is 18.3 Å². The number of nitrogens with one attached hydrogen (secondary N) is 2. The van der Waals surface area contributed by atoms with Crippen LogP contribution in [0.1, 0.15) is 26.7 Å². The largest absolute Gasteiger partial charge is 0.316 e. The number of rotatable bonds is 2. The lowest BCUT2D eigenvalue weighted by atomic mass is 9.99. The van der Waals surface area contributed by atoms with Crippen LogP contribution in [0.4, 0.5) is 0 Å². The molecule has 2 fully saturated rings. The van der Waals surface area contributed by atoms with E-state index in [2.05, 4.69) is 36.2 Å². The zero-order chi connectivity index (χ0) is 9.31. The maximum atomic E-state index is 3.78. The first-order valence-electron chi connectivity index (χ1n) is 5.37. The number of thioether (sulfide) groups is 1. The Hall–Kier alpha value is 0.270. The van der Waals surface area contributed by atoms with Crippen molar-refractivity contribution in [2.75, 3.05) is 18.8 Å². The van der Waals surface area contributed by atoms with Crippen molar-refractivity contribution >= 4 is 11.8 Å². The molecule has 2 aliphatic heterocycles. The van der Waals surface area contributed by atoms with Crippen molar-refractivity contribution in [1.82, 2.24) is 10.6 Å². The molecule has 0 aliphatic carbocycles. The highest BCUT2D eigenvalue weighted by atomic mass is 32.2. The van der Waals surface area contributed by atoms with Gasteiger partial charge in [-0.15, -0.1) is 11.8 Å². The predicted octanol–water partition coefficient (Wildman–Crippen LogP) is 1.43. The van der Waals surface area contributed by atoms with Crippen LogP contribution in [0.15, 0.2) is 0 Å². The topological polar surface area (TPSA) is 24.1 Å². The summed E-state index contributed by atoms with van der Waals surface area (Å²) in [6, 6.07) is 0.746. The van der Waals surface area contributed by atoms with Gasteiger partial charge in [0.15, 0.2) is 0 Å². The Kier molecular flexibility index (Phi) is 2.86. The molecule has 0 radical (unpaired) electrons. The van der Waals surface area contributed by atoms with E-state index in [1.807, 2.05) is 0 Å². The van der Waals surface area contributed by atoms with Crippen molar-refractivity contribution in [2.45, 2.75) is 37.6 Å². The molecule has 0 saturated carbocycles. The van der Waals surface area contributed by atoms with Gasteiger partial charge in [0.1, 0.15) is 0 Å². The van der Waals surface area contributed by atoms with Gasteiger partial charge in [-0.05, 0) is 32.2 Å². The average molecular weight is 200 g/mol. The zero-order valence-electron chi connectivity index (χ0n) is 8.60. The fraction of sp³-hybridized carbons (Fsp3) is 1.00. The highest BCUT2D eigenvalue weighted by Crippen LogP contribution is 2.39. The molecule has 2 heterocycles. The highest BCUT2D eigenvalue weighted by molar-refractivity contribution is 8.00. The molecule has 2 aliphatic rings. The van der Waals surface area contributed by atoms with Crippen LogP contribution in [-0.2, 0) is 0 Å². The summed E-state index contributed by atoms with van der Waals surface area (Å²) in [4.78, 5) is 0.351. The molecule has 0 aromatic heterocycles. The lowest BCUT2D eigenvalue weighted by molar-refractivity contribution is 0.345. The van der Waals surface area contributed by atoms with E-state index >= 15 is 0 Å². The first-order valence-corrected chi connectivity index (χ1v) is 6.35. The molecule has 0 aromatic carbocycles. The summed E-state index contributed by atoms with van der Waals surface area (Å²) in [5.74, 6) is 2.12. The second kappa shape index (κ2) is 3.79. The van der Waals surface area contributed by atoms with Crippen molar-refractivity contribution in [3.63, 3.8) is 0 Å². The van der Waals surface area contributed by atoms with Gasteiger partial charge in [-0.3, -0.25) is 5.32 Å². The van der Waals surface area contributed by atoms with Crippen LogP contribution in [0.25, 0.3) is 0 Å². The maximum Gasteiger partial charge on any atom is 0.0660 e. The molecule has 0 spiro atoms. The minimum absolute atomic E-state index is 0.351. The molecule has 2 rings (SSSR count). The van der Waals surface area contributed by atoms with E-state index in [1.54, 1.807) is 0 Å². The van der Waals surface area contributed by atoms with Crippen LogP contribution < -0.4 is 10.6 Å². The van der Waals surface area contributed by atoms with Gasteiger partial charge in [-0.1, -0.05) is 6.92 Å². The smallest absolute Gasteiger partial charge is 0.0660 e. The molecule has 2 saturated heterocycles. The normalized spacial score (nSPS) is 45.7. The van der Waals surface area contributed by atoms with E-state index < -0.39 is 0 Å². The van der Waals surface area contributed by atoms with Gasteiger partial charge < -0.3 is 5.32 Å². The fourth-order valence-corrected chi connectivity index (χ4v) is 3.90. The Morgan fingerprint density at radius 2 is 2.38 bits per heavy atom. The van der Waals surface area contributed by atoms with Crippen molar-refractivity contribution in [3.8, 4) is 0 Å². The lowest BCUT2D eigenvalue weighted by Gasteiger charge is -2.31. The highest BCUT2D eigenvalue weighted by Gasteiger charge is 2.41. The molecule has 0 aromatic rings. The monoisotopic (exact) mass is 200 g/mol. The average Bonchev–Trinajstić information content (AvgIpc) is 2.72. The van der Waals surface area contributed by atoms with Crippen LogP contribution in [-0.4, -0.2) is 29.8 Å². The Labute approximate surface area is 85.2 Å². The molecule has 3 atom stereocenters. The molecule has 0 amide bonds. The van der Waals surface area contributed by atoms with E-state index in [0.29, 0.717) is 4.87 Å². The molecule has 3 unspecified atom stereocenters. The summed E-state index contributed by atoms with van der Waals surface area (Å²) in [7, 11) is 0. The first-order chi connectivity index (χ1) is 6.24. The van der Waals surface area contributed by atoms with Crippen molar-refractivity contribution in [3.05, 3.63) is 0 Å². The lowest BCUT2D eigenvalue weighted by Crippen LogP contribution is -2.45. The van der Waals surface area contributed by atoms with Crippen LogP contribution >= 0.6 is 11.8 Å². The van der Waals surface area contributed by atoms with Crippen LogP contribution in [0, 0.1) is 5.92 Å². The molecule has 3 heteroatoms. The molecule has 0 bridgehead atoms. The van der Waals surface area contributed by atoms with Gasteiger partial charge in [-0.2, -0.15) is 0 Å². The van der Waals surface area contributed by atoms with Gasteiger partial charge >= 0.3 is 0 Å². The van der Waals surface area contributed by atoms with E-state index in [9.17, 15) is 0 Å². The number of hydrogen-bond donors (Lipinski definition) is 2. The van der Waals surface area contributed by atoms with Gasteiger partial charge in [0.2, 0.25) is 0 Å². The van der Waals surface area contributed by atoms with Gasteiger partial charge in [0.05, 0.1) is 4.87 Å². The molecule has 2 N–H and O–H groups in total. The summed E-state index contributed by atoms with van der Waals surface area (Å²) in [6.07, 6.45) is 2.61. The minimum Gasteiger partial charge on any atom is -0.316 e. The Bertz CT molecular complexity index is 180. The molecular weight excluding hydrogens is 180 g/mol. The summed E-state index contributed by atoms with van der Waals surface area (Å²) in [6.45, 7) is 7.06. The third-order valence-corrected chi connectivity index (χ3v) is 5.03. The Morgan fingerprint density at radius 3 is 2.92 bits per heavy atom. The second-order valence-corrected chi connectivity index (χ2v) is 5.83. The van der Waals surface area contributed by atoms with Crippen molar-refractivity contribution in [2.24, 2.45) is 5.92 Å². The molecular formula is C10H20N2S. The fourth-order valence-electron chi connectivity index (χ4n) is 2.34. The number of hydrogen-bond acceptors (Lipinski definition) is 3. The Morgan fingerprint density at radius 1 is 1.54 bits per heavy atom. The zero-order valence-corrected chi connectivity index (χ0v) is 9.41. The van der Waals surface area contributed by atoms with E-state index in [0.717, 1.165) is 12.0 Å². The van der Waals surface area contributed by atoms with E-state index in [1.165, 1.54) is 31.7 Å². The summed E-state index contributed by atoms with van der Waals surface area (Å²) in [5, 5.41) is 7.24. The molecule has 2 nitrogen and oxygen atoms in total. The van der Waals surface area contributed by atoms with Crippen molar-refractivity contribution in [1.29, 1.82) is 0 Å². The SMILES string of the molecule is CCC1CSC(C)(C2CCNC2)N1. The van der Waals surface area contributed by atoms with Gasteiger partial charge in [0.25, 0.3) is 0 Å². The van der Waals surface area contributed by atoms with E-state index in [-0.39, 0.29) is 0 Å². The standard InChI is InChI=1S/C10H20N2S/c1-3-9-7-13-10(2,12-9)8-4-5-11-6-8/h8-9,11-12H,3-7H2,1-2H3. The van der Waals surface area contributed by atoms with Crippen LogP contribution in [0.3, 0.4) is 0 Å². The third-order valence-electron chi connectivity index (χ3n) is 3.41. The summed E-state index contributed by atoms with van der Waals surface area (Å²) < 4.78 is 0. The van der Waals surface area contributed by atoms with Gasteiger partial charge in [-0.25, -0.2) is 0 Å². The summed E-state index contributed by atoms with van der Waals surface area (Å²) in [5.41, 5.74) is 0. The Balaban J connectivity index is 1.96. The molecule has 76 valence electrons. The second-order valence-electron chi connectivity index (χ2n) is 4.36. The quantitative estimate of drug-likeness (QED) is 0.705. The first kappa shape index (κ1) is 9.81. The predicted molar refractivity (Wildman–Crippen MR) is 59.1 cm³/mol.